The van der Waals surface area contributed by atoms with E-state index in [-0.39, 0.29) is 5.91 Å². The molecule has 0 saturated carbocycles. The molecule has 3 nitrogen and oxygen atoms in total. The molecular weight excluding hydrogens is 304 g/mol. The molecule has 0 radical (unpaired) electrons. The molecule has 1 saturated heterocycles. The molecule has 0 aliphatic carbocycles. The highest BCUT2D eigenvalue weighted by Crippen LogP contribution is 2.23. The summed E-state index contributed by atoms with van der Waals surface area (Å²) in [6.45, 7) is 3.63. The summed E-state index contributed by atoms with van der Waals surface area (Å²) >= 11 is 3.41. The maximum Gasteiger partial charge on any atom is 0.223 e. The Morgan fingerprint density at radius 2 is 2.11 bits per heavy atom. The maximum absolute atomic E-state index is 12.2. The van der Waals surface area contributed by atoms with E-state index < -0.39 is 0 Å². The van der Waals surface area contributed by atoms with Gasteiger partial charge >= 0.3 is 0 Å². The van der Waals surface area contributed by atoms with Crippen LogP contribution in [0.3, 0.4) is 0 Å². The van der Waals surface area contributed by atoms with Crippen molar-refractivity contribution in [2.24, 2.45) is 11.7 Å². The summed E-state index contributed by atoms with van der Waals surface area (Å²) < 4.78 is 1.07. The summed E-state index contributed by atoms with van der Waals surface area (Å²) in [5, 5.41) is 0. The number of aryl methyl sites for hydroxylation is 1. The molecule has 1 aliphatic rings. The van der Waals surface area contributed by atoms with Gasteiger partial charge in [0.15, 0.2) is 0 Å². The van der Waals surface area contributed by atoms with Crippen molar-refractivity contribution < 1.29 is 4.79 Å². The second-order valence-corrected chi connectivity index (χ2v) is 6.27. The van der Waals surface area contributed by atoms with Gasteiger partial charge in [0.05, 0.1) is 0 Å². The normalized spacial score (nSPS) is 22.8. The molecule has 2 unspecified atom stereocenters. The van der Waals surface area contributed by atoms with Crippen LogP contribution in [0.1, 0.15) is 25.3 Å². The van der Waals surface area contributed by atoms with Gasteiger partial charge in [-0.25, -0.2) is 0 Å². The van der Waals surface area contributed by atoms with Crippen molar-refractivity contribution in [1.82, 2.24) is 4.90 Å². The zero-order valence-corrected chi connectivity index (χ0v) is 12.9. The lowest BCUT2D eigenvalue weighted by Gasteiger charge is -2.21. The molecule has 4 heteroatoms. The lowest BCUT2D eigenvalue weighted by molar-refractivity contribution is -0.131. The molecule has 0 bridgehead atoms. The lowest BCUT2D eigenvalue weighted by atomic mass is 10.1. The van der Waals surface area contributed by atoms with Crippen LogP contribution in [0.15, 0.2) is 28.7 Å². The molecule has 1 aliphatic heterocycles. The molecule has 1 fully saturated rings. The molecule has 104 valence electrons. The van der Waals surface area contributed by atoms with Gasteiger partial charge in [0.1, 0.15) is 0 Å². The smallest absolute Gasteiger partial charge is 0.223 e. The SMILES string of the molecule is CC1CC(CN)CN1C(=O)CCc1ccc(Br)cc1. The number of carbonyl (C=O) groups is 1. The fourth-order valence-electron chi connectivity index (χ4n) is 2.71. The number of nitrogens with zero attached hydrogens (tertiary/aromatic N) is 1. The minimum Gasteiger partial charge on any atom is -0.340 e. The summed E-state index contributed by atoms with van der Waals surface area (Å²) in [5.74, 6) is 0.734. The van der Waals surface area contributed by atoms with Crippen molar-refractivity contribution in [3.63, 3.8) is 0 Å². The van der Waals surface area contributed by atoms with E-state index in [9.17, 15) is 4.79 Å². The molecule has 0 spiro atoms. The van der Waals surface area contributed by atoms with Gasteiger partial charge in [0, 0.05) is 23.5 Å². The molecule has 19 heavy (non-hydrogen) atoms. The number of hydrogen-bond acceptors (Lipinski definition) is 2. The minimum atomic E-state index is 0.256. The number of nitrogens with two attached hydrogens (primary N) is 1. The molecule has 1 aromatic carbocycles. The number of likely N-dealkylation sites (tertiary alicyclic amines) is 1. The van der Waals surface area contributed by atoms with Gasteiger partial charge in [0.25, 0.3) is 0 Å². The molecule has 1 heterocycles. The maximum atomic E-state index is 12.2. The van der Waals surface area contributed by atoms with Gasteiger partial charge in [-0.2, -0.15) is 0 Å². The van der Waals surface area contributed by atoms with E-state index in [1.165, 1.54) is 5.56 Å². The number of benzene rings is 1. The van der Waals surface area contributed by atoms with Gasteiger partial charge in [-0.1, -0.05) is 28.1 Å². The highest BCUT2D eigenvalue weighted by molar-refractivity contribution is 9.10. The standard InChI is InChI=1S/C15H21BrN2O/c1-11-8-13(9-17)10-18(11)15(19)7-4-12-2-5-14(16)6-3-12/h2-3,5-6,11,13H,4,7-10,17H2,1H3. The van der Waals surface area contributed by atoms with E-state index >= 15 is 0 Å². The predicted octanol–water partition coefficient (Wildman–Crippen LogP) is 2.58. The van der Waals surface area contributed by atoms with Crippen molar-refractivity contribution in [3.8, 4) is 0 Å². The summed E-state index contributed by atoms with van der Waals surface area (Å²) in [6, 6.07) is 8.50. The largest absolute Gasteiger partial charge is 0.340 e. The first-order valence-electron chi connectivity index (χ1n) is 6.84. The number of amides is 1. The fraction of sp³-hybridized carbons (Fsp3) is 0.533. The van der Waals surface area contributed by atoms with E-state index in [4.69, 9.17) is 5.73 Å². The Morgan fingerprint density at radius 3 is 2.68 bits per heavy atom. The molecule has 2 rings (SSSR count). The van der Waals surface area contributed by atoms with Crippen molar-refractivity contribution in [3.05, 3.63) is 34.3 Å². The average Bonchev–Trinajstić information content (AvgIpc) is 2.79. The first-order chi connectivity index (χ1) is 9.10. The third kappa shape index (κ3) is 3.80. The van der Waals surface area contributed by atoms with E-state index in [1.807, 2.05) is 17.0 Å². The topological polar surface area (TPSA) is 46.3 Å². The Bertz CT molecular complexity index is 432. The van der Waals surface area contributed by atoms with Crippen molar-refractivity contribution in [2.45, 2.75) is 32.2 Å². The van der Waals surface area contributed by atoms with Crippen LogP contribution in [0, 0.1) is 5.92 Å². The highest BCUT2D eigenvalue weighted by Gasteiger charge is 2.30. The molecule has 0 aromatic heterocycles. The quantitative estimate of drug-likeness (QED) is 0.925. The molecular formula is C15H21BrN2O. The first-order valence-corrected chi connectivity index (χ1v) is 7.63. The third-order valence-electron chi connectivity index (χ3n) is 3.86. The number of hydrogen-bond donors (Lipinski definition) is 1. The van der Waals surface area contributed by atoms with Crippen LogP contribution < -0.4 is 5.73 Å². The van der Waals surface area contributed by atoms with Crippen molar-refractivity contribution in [1.29, 1.82) is 0 Å². The third-order valence-corrected chi connectivity index (χ3v) is 4.38. The monoisotopic (exact) mass is 324 g/mol. The van der Waals surface area contributed by atoms with E-state index in [2.05, 4.69) is 35.0 Å². The van der Waals surface area contributed by atoms with Gasteiger partial charge in [-0.3, -0.25) is 4.79 Å². The summed E-state index contributed by atoms with van der Waals surface area (Å²) in [5.41, 5.74) is 6.90. The van der Waals surface area contributed by atoms with Gasteiger partial charge in [-0.15, -0.1) is 0 Å². The van der Waals surface area contributed by atoms with Crippen LogP contribution in [0.25, 0.3) is 0 Å². The van der Waals surface area contributed by atoms with Crippen LogP contribution in [0.4, 0.5) is 0 Å². The Kier molecular flexibility index (Phi) is 4.99. The predicted molar refractivity (Wildman–Crippen MR) is 80.8 cm³/mol. The Labute approximate surface area is 123 Å². The molecule has 1 amide bonds. The Morgan fingerprint density at radius 1 is 1.42 bits per heavy atom. The molecule has 2 N–H and O–H groups in total. The van der Waals surface area contributed by atoms with Crippen molar-refractivity contribution in [2.75, 3.05) is 13.1 Å². The second kappa shape index (κ2) is 6.53. The fourth-order valence-corrected chi connectivity index (χ4v) is 2.97. The van der Waals surface area contributed by atoms with Crippen LogP contribution in [0.5, 0.6) is 0 Å². The molecule has 2 atom stereocenters. The van der Waals surface area contributed by atoms with Crippen LogP contribution in [-0.2, 0) is 11.2 Å². The van der Waals surface area contributed by atoms with E-state index in [0.29, 0.717) is 24.9 Å². The van der Waals surface area contributed by atoms with Gasteiger partial charge < -0.3 is 10.6 Å². The van der Waals surface area contributed by atoms with E-state index in [0.717, 1.165) is 23.9 Å². The lowest BCUT2D eigenvalue weighted by Crippen LogP contribution is -2.34. The highest BCUT2D eigenvalue weighted by atomic mass is 79.9. The van der Waals surface area contributed by atoms with E-state index in [1.54, 1.807) is 0 Å². The number of halogens is 1. The van der Waals surface area contributed by atoms with Gasteiger partial charge in [0.2, 0.25) is 5.91 Å². The number of carbonyl (C=O) groups excluding carboxylic acids is 1. The average molecular weight is 325 g/mol. The Hall–Kier alpha value is -0.870. The molecule has 1 aromatic rings. The van der Waals surface area contributed by atoms with Crippen LogP contribution in [0.2, 0.25) is 0 Å². The minimum absolute atomic E-state index is 0.256. The van der Waals surface area contributed by atoms with Crippen molar-refractivity contribution >= 4 is 21.8 Å². The van der Waals surface area contributed by atoms with Crippen LogP contribution >= 0.6 is 15.9 Å². The second-order valence-electron chi connectivity index (χ2n) is 5.36. The summed E-state index contributed by atoms with van der Waals surface area (Å²) in [6.07, 6.45) is 2.44. The first kappa shape index (κ1) is 14.5. The van der Waals surface area contributed by atoms with Gasteiger partial charge in [-0.05, 0) is 49.9 Å². The zero-order valence-electron chi connectivity index (χ0n) is 11.3. The summed E-state index contributed by atoms with van der Waals surface area (Å²) in [4.78, 5) is 14.2. The van der Waals surface area contributed by atoms with Crippen LogP contribution in [-0.4, -0.2) is 29.9 Å². The Balaban J connectivity index is 1.86. The zero-order chi connectivity index (χ0) is 13.8. The number of rotatable bonds is 4. The summed E-state index contributed by atoms with van der Waals surface area (Å²) in [7, 11) is 0.